The molecule has 0 spiro atoms. The van der Waals surface area contributed by atoms with E-state index in [0.29, 0.717) is 17.1 Å². The molecule has 0 amide bonds. The zero-order chi connectivity index (χ0) is 14.8. The number of esters is 1. The van der Waals surface area contributed by atoms with Crippen LogP contribution < -0.4 is 9.72 Å². The second kappa shape index (κ2) is 5.57. The number of hydrogen-bond acceptors (Lipinski definition) is 3. The van der Waals surface area contributed by atoms with Crippen LogP contribution in [0, 0.1) is 0 Å². The van der Waals surface area contributed by atoms with Gasteiger partial charge >= 0.3 is 5.97 Å². The molecule has 21 heavy (non-hydrogen) atoms. The van der Waals surface area contributed by atoms with Crippen LogP contribution in [-0.2, 0) is 4.74 Å². The summed E-state index contributed by atoms with van der Waals surface area (Å²) in [6.45, 7) is 0. The van der Waals surface area contributed by atoms with Gasteiger partial charge in [0.15, 0.2) is 5.75 Å². The first-order valence-corrected chi connectivity index (χ1v) is 7.01. The van der Waals surface area contributed by atoms with Crippen LogP contribution in [-0.4, -0.2) is 18.1 Å². The molecule has 2 N–H and O–H groups in total. The van der Waals surface area contributed by atoms with E-state index in [1.54, 1.807) is 24.4 Å². The predicted octanol–water partition coefficient (Wildman–Crippen LogP) is 3.32. The number of carbonyl (C=O) groups is 1. The van der Waals surface area contributed by atoms with Crippen molar-refractivity contribution in [2.75, 3.05) is 7.11 Å². The minimum Gasteiger partial charge on any atom is -0.465 e. The van der Waals surface area contributed by atoms with Crippen molar-refractivity contribution in [2.45, 2.75) is 0 Å². The lowest BCUT2D eigenvalue weighted by Crippen LogP contribution is -2.06. The Morgan fingerprint density at radius 3 is 2.95 bits per heavy atom. The van der Waals surface area contributed by atoms with Gasteiger partial charge in [0.25, 0.3) is 5.65 Å². The Morgan fingerprint density at radius 1 is 1.29 bits per heavy atom. The summed E-state index contributed by atoms with van der Waals surface area (Å²) in [5.74, 6) is 0.592. The number of aromatic nitrogens is 2. The minimum absolute atomic E-state index is 0.370. The Morgan fingerprint density at radius 2 is 2.14 bits per heavy atom. The maximum absolute atomic E-state index is 11.8. The highest BCUT2D eigenvalue weighted by atomic mass is 79.9. The fraction of sp³-hybridized carbons (Fsp3) is 0.0667. The fourth-order valence-electron chi connectivity index (χ4n) is 2.01. The number of ether oxygens (including phenoxy) is 2. The summed E-state index contributed by atoms with van der Waals surface area (Å²) in [5.41, 5.74) is 1.28. The Kier molecular flexibility index (Phi) is 3.62. The third kappa shape index (κ3) is 2.75. The highest BCUT2D eigenvalue weighted by Gasteiger charge is 2.15. The number of carbonyl (C=O) groups excluding carboxylic acids is 1. The SMILES string of the molecule is COC(=O)c1ccc(Br)cc1Oc1c[nH+]c2[nH]ccc2c1. The molecule has 1 aromatic carbocycles. The van der Waals surface area contributed by atoms with Gasteiger partial charge in [-0.3, -0.25) is 0 Å². The van der Waals surface area contributed by atoms with Gasteiger partial charge in [0.1, 0.15) is 17.5 Å². The third-order valence-electron chi connectivity index (χ3n) is 3.01. The topological polar surface area (TPSA) is 65.5 Å². The number of fused-ring (bicyclic) bond motifs is 1. The van der Waals surface area contributed by atoms with E-state index in [4.69, 9.17) is 9.47 Å². The van der Waals surface area contributed by atoms with Crippen LogP contribution in [0.25, 0.3) is 11.0 Å². The predicted molar refractivity (Wildman–Crippen MR) is 80.4 cm³/mol. The number of pyridine rings is 1. The molecule has 0 fully saturated rings. The Hall–Kier alpha value is -2.34. The zero-order valence-corrected chi connectivity index (χ0v) is 12.7. The molecule has 0 bridgehead atoms. The van der Waals surface area contributed by atoms with Gasteiger partial charge in [-0.1, -0.05) is 15.9 Å². The maximum Gasteiger partial charge on any atom is 0.341 e. The van der Waals surface area contributed by atoms with Crippen LogP contribution in [0.2, 0.25) is 0 Å². The van der Waals surface area contributed by atoms with E-state index in [2.05, 4.69) is 25.9 Å². The largest absolute Gasteiger partial charge is 0.465 e. The van der Waals surface area contributed by atoms with Gasteiger partial charge in [-0.15, -0.1) is 0 Å². The Labute approximate surface area is 129 Å². The van der Waals surface area contributed by atoms with Crippen molar-refractivity contribution in [1.29, 1.82) is 0 Å². The summed E-state index contributed by atoms with van der Waals surface area (Å²) in [6.07, 6.45) is 3.56. The van der Waals surface area contributed by atoms with Crippen molar-refractivity contribution >= 4 is 32.9 Å². The molecule has 3 rings (SSSR count). The molecule has 0 unspecified atom stereocenters. The van der Waals surface area contributed by atoms with Crippen molar-refractivity contribution in [3.63, 3.8) is 0 Å². The molecule has 5 nitrogen and oxygen atoms in total. The van der Waals surface area contributed by atoms with Crippen molar-refractivity contribution in [2.24, 2.45) is 0 Å². The van der Waals surface area contributed by atoms with Crippen molar-refractivity contribution in [3.05, 3.63) is 52.8 Å². The van der Waals surface area contributed by atoms with Gasteiger partial charge in [0, 0.05) is 10.5 Å². The van der Waals surface area contributed by atoms with E-state index in [0.717, 1.165) is 15.5 Å². The second-order valence-corrected chi connectivity index (χ2v) is 5.29. The van der Waals surface area contributed by atoms with Crippen molar-refractivity contribution in [3.8, 4) is 11.5 Å². The van der Waals surface area contributed by atoms with Crippen molar-refractivity contribution < 1.29 is 19.3 Å². The van der Waals surface area contributed by atoms with Crippen LogP contribution in [0.1, 0.15) is 10.4 Å². The van der Waals surface area contributed by atoms with Gasteiger partial charge < -0.3 is 9.47 Å². The van der Waals surface area contributed by atoms with Gasteiger partial charge in [-0.05, 0) is 24.3 Å². The molecule has 2 heterocycles. The number of benzene rings is 1. The zero-order valence-electron chi connectivity index (χ0n) is 11.1. The molecule has 0 aliphatic rings. The smallest absolute Gasteiger partial charge is 0.341 e. The van der Waals surface area contributed by atoms with Gasteiger partial charge in [-0.2, -0.15) is 0 Å². The molecule has 2 aromatic heterocycles. The van der Waals surface area contributed by atoms with E-state index in [-0.39, 0.29) is 0 Å². The van der Waals surface area contributed by atoms with E-state index in [9.17, 15) is 4.79 Å². The first-order valence-electron chi connectivity index (χ1n) is 6.22. The molecule has 3 aromatic rings. The molecule has 6 heteroatoms. The number of H-pyrrole nitrogens is 2. The molecule has 0 aliphatic heterocycles. The first-order chi connectivity index (χ1) is 10.2. The molecule has 106 valence electrons. The summed E-state index contributed by atoms with van der Waals surface area (Å²) in [7, 11) is 1.34. The van der Waals surface area contributed by atoms with E-state index in [1.165, 1.54) is 7.11 Å². The number of nitrogens with one attached hydrogen (secondary N) is 2. The number of rotatable bonds is 3. The number of halogens is 1. The molecule has 0 radical (unpaired) electrons. The monoisotopic (exact) mass is 347 g/mol. The lowest BCUT2D eigenvalue weighted by Gasteiger charge is -2.09. The first kappa shape index (κ1) is 13.6. The second-order valence-electron chi connectivity index (χ2n) is 4.38. The average molecular weight is 348 g/mol. The highest BCUT2D eigenvalue weighted by molar-refractivity contribution is 9.10. The lowest BCUT2D eigenvalue weighted by atomic mass is 10.2. The summed E-state index contributed by atoms with van der Waals surface area (Å²) >= 11 is 3.37. The van der Waals surface area contributed by atoms with E-state index < -0.39 is 5.97 Å². The molecule has 0 aliphatic carbocycles. The standard InChI is InChI=1S/C15H11BrN2O3/c1-20-15(19)12-3-2-10(16)7-13(12)21-11-6-9-4-5-17-14(9)18-8-11/h2-8H,1H3,(H,17,18)/p+1. The maximum atomic E-state index is 11.8. The van der Waals surface area contributed by atoms with Crippen LogP contribution in [0.3, 0.4) is 0 Å². The third-order valence-corrected chi connectivity index (χ3v) is 3.51. The molecule has 0 atom stereocenters. The van der Waals surface area contributed by atoms with Crippen molar-refractivity contribution in [1.82, 2.24) is 4.98 Å². The summed E-state index contributed by atoms with van der Waals surface area (Å²) < 4.78 is 11.4. The van der Waals surface area contributed by atoms with Gasteiger partial charge in [0.05, 0.1) is 18.7 Å². The molecular formula is C15H12BrN2O3+. The van der Waals surface area contributed by atoms with Crippen LogP contribution in [0.15, 0.2) is 47.2 Å². The van der Waals surface area contributed by atoms with Crippen LogP contribution in [0.5, 0.6) is 11.5 Å². The quantitative estimate of drug-likeness (QED) is 0.739. The Balaban J connectivity index is 1.99. The Bertz CT molecular complexity index is 814. The minimum atomic E-state index is -0.441. The number of hydrogen-bond donors (Lipinski definition) is 1. The average Bonchev–Trinajstić information content (AvgIpc) is 2.94. The van der Waals surface area contributed by atoms with E-state index >= 15 is 0 Å². The normalized spacial score (nSPS) is 10.6. The molecule has 0 saturated carbocycles. The molecular weight excluding hydrogens is 336 g/mol. The molecule has 0 saturated heterocycles. The fourth-order valence-corrected chi connectivity index (χ4v) is 2.35. The number of methoxy groups -OCH3 is 1. The summed E-state index contributed by atoms with van der Waals surface area (Å²) in [4.78, 5) is 17.9. The van der Waals surface area contributed by atoms with Gasteiger partial charge in [0.2, 0.25) is 0 Å². The highest BCUT2D eigenvalue weighted by Crippen LogP contribution is 2.29. The van der Waals surface area contributed by atoms with Crippen LogP contribution in [0.4, 0.5) is 0 Å². The summed E-state index contributed by atoms with van der Waals surface area (Å²) in [6, 6.07) is 8.96. The summed E-state index contributed by atoms with van der Waals surface area (Å²) in [5, 5.41) is 0.988. The van der Waals surface area contributed by atoms with Gasteiger partial charge in [-0.25, -0.2) is 14.8 Å². The van der Waals surface area contributed by atoms with E-state index in [1.807, 2.05) is 18.3 Å². The number of aromatic amines is 2. The lowest BCUT2D eigenvalue weighted by molar-refractivity contribution is -0.348. The van der Waals surface area contributed by atoms with Crippen LogP contribution >= 0.6 is 15.9 Å².